The van der Waals surface area contributed by atoms with Gasteiger partial charge in [0, 0.05) is 5.56 Å². The molecule has 148 valence electrons. The van der Waals surface area contributed by atoms with Crippen LogP contribution < -0.4 is 0 Å². The minimum absolute atomic E-state index is 0.0129. The highest BCUT2D eigenvalue weighted by Crippen LogP contribution is 2.41. The molecule has 2 unspecified atom stereocenters. The number of hydrogen-bond acceptors (Lipinski definition) is 3. The zero-order valence-electron chi connectivity index (χ0n) is 16.7. The van der Waals surface area contributed by atoms with E-state index in [0.717, 1.165) is 37.7 Å². The molecule has 0 amide bonds. The quantitative estimate of drug-likeness (QED) is 0.409. The van der Waals surface area contributed by atoms with Gasteiger partial charge in [0.05, 0.1) is 0 Å². The van der Waals surface area contributed by atoms with Crippen LogP contribution >= 0.6 is 0 Å². The maximum atomic E-state index is 11.8. The maximum absolute atomic E-state index is 11.8. The van der Waals surface area contributed by atoms with Crippen molar-refractivity contribution in [3.63, 3.8) is 0 Å². The Hall–Kier alpha value is -2.23. The summed E-state index contributed by atoms with van der Waals surface area (Å²) in [7, 11) is 0. The number of benzene rings is 1. The number of unbranched alkanes of at least 4 members (excludes halogenated alkanes) is 2. The van der Waals surface area contributed by atoms with Crippen LogP contribution in [0.5, 0.6) is 11.5 Å². The summed E-state index contributed by atoms with van der Waals surface area (Å²) in [5.74, 6) is -1.08. The lowest BCUT2D eigenvalue weighted by molar-refractivity contribution is 0.0692. The lowest BCUT2D eigenvalue weighted by Crippen LogP contribution is -2.21. The van der Waals surface area contributed by atoms with E-state index in [1.54, 1.807) is 0 Å². The second-order valence-electron chi connectivity index (χ2n) is 7.89. The number of hydrogen-bond donors (Lipinski definition) is 3. The van der Waals surface area contributed by atoms with Crippen LogP contribution in [0.4, 0.5) is 0 Å². The molecule has 4 heteroatoms. The number of allylic oxidation sites excluding steroid dienone is 3. The standard InChI is InChI=1S/C23H32O4/c1-5-6-7-8-16-13-20(24)19(22(25)21(16)23(26)27)12-17-11-15(4)9-10-18(17)14(2)3/h11,13,17-18,24-25H,2,5-10,12H2,1,3-4H3,(H,26,27). The Morgan fingerprint density at radius 3 is 2.59 bits per heavy atom. The second-order valence-corrected chi connectivity index (χ2v) is 7.89. The smallest absolute Gasteiger partial charge is 0.339 e. The first-order valence-electron chi connectivity index (χ1n) is 9.88. The first-order valence-corrected chi connectivity index (χ1v) is 9.88. The summed E-state index contributed by atoms with van der Waals surface area (Å²) in [5, 5.41) is 30.9. The minimum Gasteiger partial charge on any atom is -0.508 e. The molecule has 0 spiro atoms. The first-order chi connectivity index (χ1) is 12.8. The molecule has 1 aromatic rings. The predicted octanol–water partition coefficient (Wildman–Crippen LogP) is 5.62. The summed E-state index contributed by atoms with van der Waals surface area (Å²) in [6, 6.07) is 1.53. The maximum Gasteiger partial charge on any atom is 0.339 e. The number of aryl methyl sites for hydroxylation is 1. The highest BCUT2D eigenvalue weighted by molar-refractivity contribution is 5.93. The van der Waals surface area contributed by atoms with E-state index in [1.807, 2.05) is 6.92 Å². The summed E-state index contributed by atoms with van der Waals surface area (Å²) >= 11 is 0. The molecular weight excluding hydrogens is 340 g/mol. The molecule has 0 bridgehead atoms. The first kappa shape index (κ1) is 21.1. The van der Waals surface area contributed by atoms with Gasteiger partial charge in [-0.05, 0) is 69.4 Å². The molecule has 0 aromatic heterocycles. The lowest BCUT2D eigenvalue weighted by atomic mass is 9.74. The summed E-state index contributed by atoms with van der Waals surface area (Å²) in [5.41, 5.74) is 3.13. The van der Waals surface area contributed by atoms with Gasteiger partial charge in [-0.2, -0.15) is 0 Å². The molecule has 0 saturated carbocycles. The molecule has 0 heterocycles. The normalized spacial score (nSPS) is 19.6. The van der Waals surface area contributed by atoms with E-state index in [1.165, 1.54) is 11.6 Å². The van der Waals surface area contributed by atoms with Crippen molar-refractivity contribution in [2.45, 2.75) is 65.7 Å². The number of carboxylic acids is 1. The van der Waals surface area contributed by atoms with Gasteiger partial charge >= 0.3 is 5.97 Å². The van der Waals surface area contributed by atoms with Gasteiger partial charge in [-0.15, -0.1) is 0 Å². The van der Waals surface area contributed by atoms with Gasteiger partial charge in [0.15, 0.2) is 0 Å². The summed E-state index contributed by atoms with van der Waals surface area (Å²) in [4.78, 5) is 11.8. The fourth-order valence-corrected chi connectivity index (χ4v) is 4.16. The molecule has 1 aliphatic carbocycles. The van der Waals surface area contributed by atoms with Gasteiger partial charge in [0.2, 0.25) is 0 Å². The summed E-state index contributed by atoms with van der Waals surface area (Å²) < 4.78 is 0. The van der Waals surface area contributed by atoms with Gasteiger partial charge in [0.25, 0.3) is 0 Å². The fourth-order valence-electron chi connectivity index (χ4n) is 4.16. The van der Waals surface area contributed by atoms with Crippen molar-refractivity contribution in [2.24, 2.45) is 11.8 Å². The minimum atomic E-state index is -1.15. The average Bonchev–Trinajstić information content (AvgIpc) is 2.58. The Balaban J connectivity index is 2.41. The summed E-state index contributed by atoms with van der Waals surface area (Å²) in [6.45, 7) is 10.3. The third-order valence-corrected chi connectivity index (χ3v) is 5.67. The van der Waals surface area contributed by atoms with Crippen LogP contribution in [0.3, 0.4) is 0 Å². The molecular formula is C23H32O4. The molecule has 1 aromatic carbocycles. The Morgan fingerprint density at radius 2 is 2.00 bits per heavy atom. The number of phenolic OH excluding ortho intramolecular Hbond substituents is 1. The molecule has 0 saturated heterocycles. The Morgan fingerprint density at radius 1 is 1.30 bits per heavy atom. The van der Waals surface area contributed by atoms with E-state index in [-0.39, 0.29) is 28.9 Å². The van der Waals surface area contributed by atoms with Crippen molar-refractivity contribution < 1.29 is 20.1 Å². The largest absolute Gasteiger partial charge is 0.508 e. The number of aromatic hydroxyl groups is 2. The lowest BCUT2D eigenvalue weighted by Gasteiger charge is -2.31. The van der Waals surface area contributed by atoms with Gasteiger partial charge in [0.1, 0.15) is 17.1 Å². The molecule has 0 aliphatic heterocycles. The Kier molecular flexibility index (Phi) is 7.11. The summed E-state index contributed by atoms with van der Waals surface area (Å²) in [6.07, 6.45) is 7.96. The number of rotatable bonds is 8. The molecule has 3 N–H and O–H groups in total. The van der Waals surface area contributed by atoms with Gasteiger partial charge in [-0.1, -0.05) is 43.6 Å². The van der Waals surface area contributed by atoms with E-state index in [2.05, 4.69) is 26.5 Å². The third kappa shape index (κ3) is 4.94. The van der Waals surface area contributed by atoms with Crippen LogP contribution in [0.15, 0.2) is 29.9 Å². The second kappa shape index (κ2) is 9.12. The van der Waals surface area contributed by atoms with E-state index in [0.29, 0.717) is 24.0 Å². The van der Waals surface area contributed by atoms with E-state index < -0.39 is 5.97 Å². The van der Waals surface area contributed by atoms with Crippen LogP contribution in [-0.2, 0) is 12.8 Å². The number of aromatic carboxylic acids is 1. The number of phenols is 2. The molecule has 0 radical (unpaired) electrons. The SMILES string of the molecule is C=C(C)C1CCC(C)=CC1Cc1c(O)cc(CCCCC)c(C(=O)O)c1O. The zero-order valence-corrected chi connectivity index (χ0v) is 16.7. The zero-order chi connectivity index (χ0) is 20.1. The van der Waals surface area contributed by atoms with E-state index in [9.17, 15) is 20.1 Å². The van der Waals surface area contributed by atoms with Crippen molar-refractivity contribution in [3.8, 4) is 11.5 Å². The highest BCUT2D eigenvalue weighted by atomic mass is 16.4. The molecule has 0 fully saturated rings. The number of carboxylic acid groups (broad SMARTS) is 1. The van der Waals surface area contributed by atoms with Gasteiger partial charge in [-0.3, -0.25) is 0 Å². The van der Waals surface area contributed by atoms with E-state index in [4.69, 9.17) is 0 Å². The molecule has 27 heavy (non-hydrogen) atoms. The predicted molar refractivity (Wildman–Crippen MR) is 108 cm³/mol. The van der Waals surface area contributed by atoms with Crippen molar-refractivity contribution >= 4 is 5.97 Å². The van der Waals surface area contributed by atoms with E-state index >= 15 is 0 Å². The van der Waals surface area contributed by atoms with Crippen molar-refractivity contribution in [3.05, 3.63) is 46.6 Å². The van der Waals surface area contributed by atoms with Crippen molar-refractivity contribution in [1.82, 2.24) is 0 Å². The van der Waals surface area contributed by atoms with Crippen LogP contribution in [0.1, 0.15) is 74.4 Å². The molecule has 2 rings (SSSR count). The van der Waals surface area contributed by atoms with Crippen molar-refractivity contribution in [1.29, 1.82) is 0 Å². The topological polar surface area (TPSA) is 77.8 Å². The van der Waals surface area contributed by atoms with Crippen LogP contribution in [0, 0.1) is 11.8 Å². The fraction of sp³-hybridized carbons (Fsp3) is 0.522. The molecule has 4 nitrogen and oxygen atoms in total. The van der Waals surface area contributed by atoms with Crippen LogP contribution in [0.25, 0.3) is 0 Å². The number of carbonyl (C=O) groups is 1. The van der Waals surface area contributed by atoms with Crippen LogP contribution in [-0.4, -0.2) is 21.3 Å². The van der Waals surface area contributed by atoms with Crippen LogP contribution in [0.2, 0.25) is 0 Å². The van der Waals surface area contributed by atoms with Crippen molar-refractivity contribution in [2.75, 3.05) is 0 Å². The molecule has 2 atom stereocenters. The monoisotopic (exact) mass is 372 g/mol. The van der Waals surface area contributed by atoms with Gasteiger partial charge in [-0.25, -0.2) is 4.79 Å². The average molecular weight is 373 g/mol. The Labute approximate surface area is 162 Å². The third-order valence-electron chi connectivity index (χ3n) is 5.67. The Bertz CT molecular complexity index is 745. The molecule has 1 aliphatic rings. The highest BCUT2D eigenvalue weighted by Gasteiger charge is 2.29. The van der Waals surface area contributed by atoms with Gasteiger partial charge < -0.3 is 15.3 Å².